The summed E-state index contributed by atoms with van der Waals surface area (Å²) >= 11 is 0. The molecule has 1 aliphatic carbocycles. The fourth-order valence-electron chi connectivity index (χ4n) is 2.85. The third kappa shape index (κ3) is 4.58. The summed E-state index contributed by atoms with van der Waals surface area (Å²) in [6.07, 6.45) is 8.22. The van der Waals surface area contributed by atoms with E-state index in [2.05, 4.69) is 10.4 Å². The summed E-state index contributed by atoms with van der Waals surface area (Å²) in [4.78, 5) is 22.9. The van der Waals surface area contributed by atoms with Gasteiger partial charge in [-0.25, -0.2) is 0 Å². The number of nitrogens with one attached hydrogen (secondary N) is 1. The average Bonchev–Trinajstić information content (AvgIpc) is 2.89. The van der Waals surface area contributed by atoms with Gasteiger partial charge >= 0.3 is 5.97 Å². The highest BCUT2D eigenvalue weighted by Crippen LogP contribution is 2.28. The first-order valence-corrected chi connectivity index (χ1v) is 7.54. The van der Waals surface area contributed by atoms with Gasteiger partial charge in [-0.3, -0.25) is 14.3 Å². The first kappa shape index (κ1) is 15.5. The van der Waals surface area contributed by atoms with Gasteiger partial charge in [0.05, 0.1) is 12.1 Å². The van der Waals surface area contributed by atoms with E-state index in [1.165, 1.54) is 5.56 Å². The Bertz CT molecular complexity index is 490. The van der Waals surface area contributed by atoms with Crippen LogP contribution >= 0.6 is 0 Å². The van der Waals surface area contributed by atoms with Gasteiger partial charge in [-0.15, -0.1) is 0 Å². The minimum absolute atomic E-state index is 0.0148. The zero-order valence-corrected chi connectivity index (χ0v) is 12.4. The lowest BCUT2D eigenvalue weighted by atomic mass is 9.81. The number of aliphatic carboxylic acids is 1. The van der Waals surface area contributed by atoms with Crippen LogP contribution in [0.25, 0.3) is 0 Å². The molecule has 0 aromatic carbocycles. The van der Waals surface area contributed by atoms with Crippen molar-refractivity contribution in [2.24, 2.45) is 18.9 Å². The number of nitrogens with zero attached hydrogens (tertiary/aromatic N) is 2. The van der Waals surface area contributed by atoms with Crippen LogP contribution in [0.1, 0.15) is 37.7 Å². The van der Waals surface area contributed by atoms with Crippen molar-refractivity contribution in [2.75, 3.05) is 6.54 Å². The first-order chi connectivity index (χ1) is 10.1. The summed E-state index contributed by atoms with van der Waals surface area (Å²) < 4.78 is 1.77. The van der Waals surface area contributed by atoms with Crippen molar-refractivity contribution >= 4 is 11.9 Å². The van der Waals surface area contributed by atoms with Crippen molar-refractivity contribution in [1.29, 1.82) is 0 Å². The maximum Gasteiger partial charge on any atom is 0.306 e. The minimum Gasteiger partial charge on any atom is -0.481 e. The summed E-state index contributed by atoms with van der Waals surface area (Å²) in [6.45, 7) is 0.659. The molecule has 2 rings (SSSR count). The number of carbonyl (C=O) groups excluding carboxylic acids is 1. The van der Waals surface area contributed by atoms with E-state index in [1.807, 2.05) is 19.4 Å². The molecule has 0 aliphatic heterocycles. The Morgan fingerprint density at radius 1 is 1.33 bits per heavy atom. The molecule has 1 amide bonds. The van der Waals surface area contributed by atoms with E-state index in [9.17, 15) is 9.59 Å². The van der Waals surface area contributed by atoms with Crippen LogP contribution in [0.3, 0.4) is 0 Å². The highest BCUT2D eigenvalue weighted by atomic mass is 16.4. The number of carboxylic acid groups (broad SMARTS) is 1. The Hall–Kier alpha value is -1.85. The molecule has 0 bridgehead atoms. The molecule has 1 aromatic rings. The Balaban J connectivity index is 1.63. The Labute approximate surface area is 124 Å². The summed E-state index contributed by atoms with van der Waals surface area (Å²) in [5.74, 6) is -0.936. The molecule has 1 saturated carbocycles. The van der Waals surface area contributed by atoms with Gasteiger partial charge in [0.25, 0.3) is 0 Å². The van der Waals surface area contributed by atoms with Gasteiger partial charge in [-0.05, 0) is 44.1 Å². The van der Waals surface area contributed by atoms with Crippen LogP contribution in [-0.4, -0.2) is 33.3 Å². The maximum atomic E-state index is 12.0. The second-order valence-corrected chi connectivity index (χ2v) is 5.80. The predicted molar refractivity (Wildman–Crippen MR) is 77.6 cm³/mol. The van der Waals surface area contributed by atoms with E-state index < -0.39 is 5.97 Å². The van der Waals surface area contributed by atoms with Crippen LogP contribution in [0.5, 0.6) is 0 Å². The normalized spacial score (nSPS) is 22.0. The molecule has 0 saturated heterocycles. The number of aromatic nitrogens is 2. The van der Waals surface area contributed by atoms with Gasteiger partial charge in [-0.2, -0.15) is 5.10 Å². The van der Waals surface area contributed by atoms with E-state index in [4.69, 9.17) is 5.11 Å². The van der Waals surface area contributed by atoms with E-state index >= 15 is 0 Å². The molecule has 0 atom stereocenters. The van der Waals surface area contributed by atoms with Crippen molar-refractivity contribution in [3.8, 4) is 0 Å². The van der Waals surface area contributed by atoms with E-state index in [0.717, 1.165) is 12.8 Å². The zero-order valence-electron chi connectivity index (χ0n) is 12.4. The fourth-order valence-corrected chi connectivity index (χ4v) is 2.85. The van der Waals surface area contributed by atoms with Crippen molar-refractivity contribution in [3.63, 3.8) is 0 Å². The number of rotatable bonds is 6. The van der Waals surface area contributed by atoms with Gasteiger partial charge in [-0.1, -0.05) is 0 Å². The van der Waals surface area contributed by atoms with Crippen molar-refractivity contribution in [2.45, 2.75) is 38.5 Å². The van der Waals surface area contributed by atoms with Crippen molar-refractivity contribution in [3.05, 3.63) is 18.0 Å². The van der Waals surface area contributed by atoms with Gasteiger partial charge in [0.1, 0.15) is 0 Å². The fraction of sp³-hybridized carbons (Fsp3) is 0.667. The topological polar surface area (TPSA) is 84.2 Å². The highest BCUT2D eigenvalue weighted by Gasteiger charge is 2.29. The lowest BCUT2D eigenvalue weighted by Gasteiger charge is -2.25. The number of aryl methyl sites for hydroxylation is 2. The van der Waals surface area contributed by atoms with Crippen LogP contribution < -0.4 is 5.32 Å². The molecular formula is C15H23N3O3. The van der Waals surface area contributed by atoms with Gasteiger partial charge in [0, 0.05) is 25.7 Å². The van der Waals surface area contributed by atoms with Crippen LogP contribution in [0, 0.1) is 11.8 Å². The Morgan fingerprint density at radius 2 is 2.00 bits per heavy atom. The molecule has 0 unspecified atom stereocenters. The zero-order chi connectivity index (χ0) is 15.2. The smallest absolute Gasteiger partial charge is 0.306 e. The third-order valence-electron chi connectivity index (χ3n) is 4.15. The summed E-state index contributed by atoms with van der Waals surface area (Å²) in [6, 6.07) is 0. The molecule has 21 heavy (non-hydrogen) atoms. The Morgan fingerprint density at radius 3 is 2.57 bits per heavy atom. The number of carboxylic acids is 1. The first-order valence-electron chi connectivity index (χ1n) is 7.54. The SMILES string of the molecule is Cn1cc(CCCNC(=O)C2CCC(C(=O)O)CC2)cn1. The number of hydrogen-bond acceptors (Lipinski definition) is 3. The average molecular weight is 293 g/mol. The molecule has 1 aromatic heterocycles. The second-order valence-electron chi connectivity index (χ2n) is 5.80. The molecule has 6 nitrogen and oxygen atoms in total. The van der Waals surface area contributed by atoms with E-state index in [-0.39, 0.29) is 17.7 Å². The number of carbonyl (C=O) groups is 2. The van der Waals surface area contributed by atoms with Gasteiger partial charge < -0.3 is 10.4 Å². The standard InChI is InChI=1S/C15H23N3O3/c1-18-10-11(9-17-18)3-2-8-16-14(19)12-4-6-13(7-5-12)15(20)21/h9-10,12-13H,2-8H2,1H3,(H,16,19)(H,20,21). The number of hydrogen-bond donors (Lipinski definition) is 2. The summed E-state index contributed by atoms with van der Waals surface area (Å²) in [5.41, 5.74) is 1.17. The van der Waals surface area contributed by atoms with Crippen molar-refractivity contribution < 1.29 is 14.7 Å². The van der Waals surface area contributed by atoms with Crippen LogP contribution in [0.15, 0.2) is 12.4 Å². The molecule has 0 radical (unpaired) electrons. The molecule has 1 aliphatic rings. The van der Waals surface area contributed by atoms with Crippen LogP contribution in [-0.2, 0) is 23.1 Å². The van der Waals surface area contributed by atoms with Crippen LogP contribution in [0.2, 0.25) is 0 Å². The van der Waals surface area contributed by atoms with Crippen LogP contribution in [0.4, 0.5) is 0 Å². The third-order valence-corrected chi connectivity index (χ3v) is 4.15. The largest absolute Gasteiger partial charge is 0.481 e. The molecule has 0 spiro atoms. The Kier molecular flexibility index (Phi) is 5.36. The molecule has 2 N–H and O–H groups in total. The lowest BCUT2D eigenvalue weighted by Crippen LogP contribution is -2.35. The summed E-state index contributed by atoms with van der Waals surface area (Å²) in [7, 11) is 1.89. The minimum atomic E-state index is -0.731. The van der Waals surface area contributed by atoms with Gasteiger partial charge in [0.15, 0.2) is 0 Å². The highest BCUT2D eigenvalue weighted by molar-refractivity contribution is 5.79. The van der Waals surface area contributed by atoms with E-state index in [0.29, 0.717) is 32.2 Å². The predicted octanol–water partition coefficient (Wildman–Crippen LogP) is 1.36. The monoisotopic (exact) mass is 293 g/mol. The lowest BCUT2D eigenvalue weighted by molar-refractivity contribution is -0.144. The molecule has 1 fully saturated rings. The molecule has 1 heterocycles. The second kappa shape index (κ2) is 7.24. The van der Waals surface area contributed by atoms with Gasteiger partial charge in [0.2, 0.25) is 5.91 Å². The maximum absolute atomic E-state index is 12.0. The quantitative estimate of drug-likeness (QED) is 0.776. The molecular weight excluding hydrogens is 270 g/mol. The summed E-state index contributed by atoms with van der Waals surface area (Å²) in [5, 5.41) is 16.0. The molecule has 116 valence electrons. The van der Waals surface area contributed by atoms with Crippen molar-refractivity contribution in [1.82, 2.24) is 15.1 Å². The number of amides is 1. The molecule has 6 heteroatoms. The van der Waals surface area contributed by atoms with E-state index in [1.54, 1.807) is 4.68 Å².